The highest BCUT2D eigenvalue weighted by molar-refractivity contribution is 5.72. The molecule has 0 aromatic heterocycles. The molecule has 3 rings (SSSR count). The van der Waals surface area contributed by atoms with Gasteiger partial charge in [-0.3, -0.25) is 0 Å². The maximum Gasteiger partial charge on any atom is 0.412 e. The van der Waals surface area contributed by atoms with Crippen LogP contribution in [0.4, 0.5) is 4.79 Å². The summed E-state index contributed by atoms with van der Waals surface area (Å²) in [4.78, 5) is 11.3. The monoisotopic (exact) mass is 263 g/mol. The van der Waals surface area contributed by atoms with Crippen molar-refractivity contribution in [3.8, 4) is 17.2 Å². The Labute approximate surface area is 111 Å². The fourth-order valence-corrected chi connectivity index (χ4v) is 2.61. The van der Waals surface area contributed by atoms with E-state index in [1.54, 1.807) is 12.1 Å². The topological polar surface area (TPSA) is 56.8 Å². The molecule has 5 heteroatoms. The van der Waals surface area contributed by atoms with Crippen molar-refractivity contribution in [3.05, 3.63) is 18.2 Å². The maximum atomic E-state index is 11.3. The average molecular weight is 263 g/mol. The summed E-state index contributed by atoms with van der Waals surface area (Å²) >= 11 is 0. The van der Waals surface area contributed by atoms with Gasteiger partial charge in [-0.1, -0.05) is 12.5 Å². The van der Waals surface area contributed by atoms with E-state index in [1.807, 2.05) is 6.07 Å². The van der Waals surface area contributed by atoms with Crippen molar-refractivity contribution in [2.24, 2.45) is 0 Å². The van der Waals surface area contributed by atoms with Crippen LogP contribution in [0.1, 0.15) is 32.1 Å². The van der Waals surface area contributed by atoms with Crippen molar-refractivity contribution in [3.63, 3.8) is 0 Å². The number of fused-ring (bicyclic) bond motifs is 1. The molecule has 19 heavy (non-hydrogen) atoms. The molecule has 1 spiro atoms. The van der Waals surface area contributed by atoms with Crippen molar-refractivity contribution < 1.29 is 19.0 Å². The second-order valence-corrected chi connectivity index (χ2v) is 4.90. The number of carbonyl (C=O) groups excluding carboxylic acids is 1. The Morgan fingerprint density at radius 1 is 1.26 bits per heavy atom. The molecule has 1 aliphatic heterocycles. The van der Waals surface area contributed by atoms with Gasteiger partial charge in [-0.2, -0.15) is 0 Å². The second kappa shape index (κ2) is 4.64. The Balaban J connectivity index is 1.86. The average Bonchev–Trinajstić information content (AvgIpc) is 2.78. The lowest BCUT2D eigenvalue weighted by molar-refractivity contribution is -0.105. The first-order chi connectivity index (χ1) is 9.22. The highest BCUT2D eigenvalue weighted by Crippen LogP contribution is 2.49. The van der Waals surface area contributed by atoms with Crippen molar-refractivity contribution in [1.82, 2.24) is 5.32 Å². The molecular formula is C14H17NO4. The van der Waals surface area contributed by atoms with Crippen molar-refractivity contribution in [2.45, 2.75) is 37.9 Å². The third kappa shape index (κ3) is 2.20. The van der Waals surface area contributed by atoms with Gasteiger partial charge < -0.3 is 19.5 Å². The standard InChI is InChI=1S/C14H17NO4/c1-15-13(16)17-10-6-5-7-11-12(10)19-14(18-11)8-3-2-4-9-14/h5-7H,2-4,8-9H2,1H3,(H,15,16). The Bertz CT molecular complexity index is 494. The quantitative estimate of drug-likeness (QED) is 0.846. The fraction of sp³-hybridized carbons (Fsp3) is 0.500. The Morgan fingerprint density at radius 2 is 2.05 bits per heavy atom. The van der Waals surface area contributed by atoms with Crippen LogP contribution in [0.5, 0.6) is 17.2 Å². The van der Waals surface area contributed by atoms with E-state index in [0.717, 1.165) is 25.7 Å². The molecule has 1 fully saturated rings. The summed E-state index contributed by atoms with van der Waals surface area (Å²) in [5.41, 5.74) is 0. The summed E-state index contributed by atoms with van der Waals surface area (Å²) in [5.74, 6) is 1.04. The van der Waals surface area contributed by atoms with Gasteiger partial charge in [-0.25, -0.2) is 4.79 Å². The largest absolute Gasteiger partial charge is 0.448 e. The van der Waals surface area contributed by atoms with Crippen molar-refractivity contribution in [1.29, 1.82) is 0 Å². The number of hydrogen-bond acceptors (Lipinski definition) is 4. The minimum atomic E-state index is -0.553. The molecule has 0 radical (unpaired) electrons. The van der Waals surface area contributed by atoms with Crippen molar-refractivity contribution in [2.75, 3.05) is 7.05 Å². The first-order valence-corrected chi connectivity index (χ1v) is 6.63. The SMILES string of the molecule is CNC(=O)Oc1cccc2c1OC1(CCCCC1)O2. The molecule has 1 saturated carbocycles. The highest BCUT2D eigenvalue weighted by atomic mass is 16.7. The smallest absolute Gasteiger partial charge is 0.412 e. The van der Waals surface area contributed by atoms with Gasteiger partial charge in [0.1, 0.15) is 0 Å². The molecule has 5 nitrogen and oxygen atoms in total. The van der Waals surface area contributed by atoms with E-state index in [9.17, 15) is 4.79 Å². The van der Waals surface area contributed by atoms with Crippen LogP contribution >= 0.6 is 0 Å². The molecule has 1 N–H and O–H groups in total. The third-order valence-electron chi connectivity index (χ3n) is 3.55. The maximum absolute atomic E-state index is 11.3. The van der Waals surface area contributed by atoms with Gasteiger partial charge in [0.05, 0.1) is 0 Å². The summed E-state index contributed by atoms with van der Waals surface area (Å²) in [5, 5.41) is 2.42. The molecule has 1 aromatic carbocycles. The van der Waals surface area contributed by atoms with Crippen LogP contribution < -0.4 is 19.5 Å². The number of nitrogens with one attached hydrogen (secondary N) is 1. The number of para-hydroxylation sites is 1. The number of ether oxygens (including phenoxy) is 3. The molecule has 1 amide bonds. The van der Waals surface area contributed by atoms with Crippen LogP contribution in [0.15, 0.2) is 18.2 Å². The van der Waals surface area contributed by atoms with Crippen LogP contribution in [0, 0.1) is 0 Å². The number of amides is 1. The summed E-state index contributed by atoms with van der Waals surface area (Å²) in [6, 6.07) is 5.34. The van der Waals surface area contributed by atoms with E-state index < -0.39 is 11.9 Å². The second-order valence-electron chi connectivity index (χ2n) is 4.90. The lowest BCUT2D eigenvalue weighted by Gasteiger charge is -2.31. The predicted molar refractivity (Wildman–Crippen MR) is 68.6 cm³/mol. The zero-order chi connectivity index (χ0) is 13.3. The normalized spacial score (nSPS) is 19.2. The summed E-state index contributed by atoms with van der Waals surface area (Å²) in [6.07, 6.45) is 4.65. The fourth-order valence-electron chi connectivity index (χ4n) is 2.61. The Morgan fingerprint density at radius 3 is 2.79 bits per heavy atom. The predicted octanol–water partition coefficient (Wildman–Crippen LogP) is 2.84. The van der Waals surface area contributed by atoms with Gasteiger partial charge in [0.15, 0.2) is 11.5 Å². The van der Waals surface area contributed by atoms with Gasteiger partial charge in [-0.05, 0) is 25.0 Å². The number of rotatable bonds is 1. The van der Waals surface area contributed by atoms with Crippen molar-refractivity contribution >= 4 is 6.09 Å². The Hall–Kier alpha value is -1.91. The van der Waals surface area contributed by atoms with Gasteiger partial charge >= 0.3 is 6.09 Å². The summed E-state index contributed by atoms with van der Waals surface area (Å²) in [7, 11) is 1.52. The van der Waals surface area contributed by atoms with Gasteiger partial charge in [0.25, 0.3) is 5.79 Å². The minimum absolute atomic E-state index is 0.402. The van der Waals surface area contributed by atoms with E-state index in [1.165, 1.54) is 13.5 Å². The third-order valence-corrected chi connectivity index (χ3v) is 3.55. The first kappa shape index (κ1) is 12.1. The van der Waals surface area contributed by atoms with Crippen LogP contribution in [0.25, 0.3) is 0 Å². The number of benzene rings is 1. The van der Waals surface area contributed by atoms with E-state index in [-0.39, 0.29) is 0 Å². The van der Waals surface area contributed by atoms with Crippen LogP contribution in [0.2, 0.25) is 0 Å². The van der Waals surface area contributed by atoms with Crippen LogP contribution in [0.3, 0.4) is 0 Å². The molecule has 0 unspecified atom stereocenters. The summed E-state index contributed by atoms with van der Waals surface area (Å²) < 4.78 is 17.1. The highest BCUT2D eigenvalue weighted by Gasteiger charge is 2.43. The van der Waals surface area contributed by atoms with Gasteiger partial charge in [-0.15, -0.1) is 0 Å². The zero-order valence-corrected chi connectivity index (χ0v) is 10.9. The Kier molecular flexibility index (Phi) is 2.97. The lowest BCUT2D eigenvalue weighted by atomic mass is 9.94. The molecule has 1 aromatic rings. The summed E-state index contributed by atoms with van der Waals surface area (Å²) in [6.45, 7) is 0. The van der Waals surface area contributed by atoms with E-state index in [0.29, 0.717) is 17.2 Å². The molecule has 0 bridgehead atoms. The lowest BCUT2D eigenvalue weighted by Crippen LogP contribution is -2.40. The molecule has 1 heterocycles. The number of hydrogen-bond donors (Lipinski definition) is 1. The van der Waals surface area contributed by atoms with Gasteiger partial charge in [0.2, 0.25) is 5.75 Å². The minimum Gasteiger partial charge on any atom is -0.448 e. The van der Waals surface area contributed by atoms with E-state index in [4.69, 9.17) is 14.2 Å². The molecule has 1 aliphatic carbocycles. The first-order valence-electron chi connectivity index (χ1n) is 6.63. The van der Waals surface area contributed by atoms with Crippen LogP contribution in [-0.2, 0) is 0 Å². The van der Waals surface area contributed by atoms with Gasteiger partial charge in [0, 0.05) is 19.9 Å². The molecule has 2 aliphatic rings. The molecule has 0 atom stereocenters. The molecule has 102 valence electrons. The van der Waals surface area contributed by atoms with E-state index in [2.05, 4.69) is 5.32 Å². The molecular weight excluding hydrogens is 246 g/mol. The number of carbonyl (C=O) groups is 1. The molecule has 0 saturated heterocycles. The zero-order valence-electron chi connectivity index (χ0n) is 10.9. The van der Waals surface area contributed by atoms with Crippen LogP contribution in [-0.4, -0.2) is 18.9 Å². The van der Waals surface area contributed by atoms with E-state index >= 15 is 0 Å².